The molecule has 0 aromatic rings. The highest BCUT2D eigenvalue weighted by atomic mass is 16.6. The topological polar surface area (TPSA) is 163 Å². The summed E-state index contributed by atoms with van der Waals surface area (Å²) in [5, 5.41) is 13.7. The summed E-state index contributed by atoms with van der Waals surface area (Å²) in [6, 6.07) is 0. The van der Waals surface area contributed by atoms with Gasteiger partial charge in [0.05, 0.1) is 25.0 Å². The lowest BCUT2D eigenvalue weighted by atomic mass is 9.85. The van der Waals surface area contributed by atoms with Gasteiger partial charge in [0.2, 0.25) is 11.6 Å². The molecule has 0 spiro atoms. The number of aliphatic hydroxyl groups excluding tert-OH is 1. The predicted molar refractivity (Wildman–Crippen MR) is 147 cm³/mol. The van der Waals surface area contributed by atoms with Crippen molar-refractivity contribution in [1.82, 2.24) is 5.32 Å². The molecule has 0 saturated carbocycles. The maximum atomic E-state index is 13.3. The van der Waals surface area contributed by atoms with Crippen LogP contribution in [-0.2, 0) is 33.3 Å². The third kappa shape index (κ3) is 8.23. The van der Waals surface area contributed by atoms with E-state index in [2.05, 4.69) is 5.32 Å². The number of Topliss-reactive ketones (excluding diaryl/α,β-unsaturated/α-hetero) is 1. The molecule has 40 heavy (non-hydrogen) atoms. The Bertz CT molecular complexity index is 1150. The smallest absolute Gasteiger partial charge is 0.405 e. The first-order valence-corrected chi connectivity index (χ1v) is 13.0. The van der Waals surface area contributed by atoms with Crippen LogP contribution in [0.2, 0.25) is 0 Å². The summed E-state index contributed by atoms with van der Waals surface area (Å²) in [7, 11) is 4.21. The van der Waals surface area contributed by atoms with E-state index < -0.39 is 53.9 Å². The van der Waals surface area contributed by atoms with Crippen LogP contribution in [0.3, 0.4) is 0 Å². The zero-order valence-corrected chi connectivity index (χ0v) is 24.1. The van der Waals surface area contributed by atoms with E-state index in [1.807, 2.05) is 6.92 Å². The Labute approximate surface area is 234 Å². The fourth-order valence-electron chi connectivity index (χ4n) is 4.78. The molecule has 6 atom stereocenters. The number of aliphatic hydroxyl groups is 1. The number of ether oxygens (including phenoxy) is 4. The van der Waals surface area contributed by atoms with Gasteiger partial charge in [-0.05, 0) is 38.2 Å². The van der Waals surface area contributed by atoms with Crippen LogP contribution in [-0.4, -0.2) is 74.4 Å². The second kappa shape index (κ2) is 14.7. The van der Waals surface area contributed by atoms with Gasteiger partial charge in [-0.2, -0.15) is 0 Å². The first-order valence-electron chi connectivity index (χ1n) is 13.0. The number of fused-ring (bicyclic) bond motifs is 2. The quantitative estimate of drug-likeness (QED) is 0.346. The van der Waals surface area contributed by atoms with Gasteiger partial charge in [-0.15, -0.1) is 0 Å². The molecule has 0 unspecified atom stereocenters. The Hall–Kier alpha value is -3.54. The van der Waals surface area contributed by atoms with E-state index in [9.17, 15) is 24.3 Å². The van der Waals surface area contributed by atoms with Crippen molar-refractivity contribution < 1.29 is 43.2 Å². The summed E-state index contributed by atoms with van der Waals surface area (Å²) in [5.41, 5.74) is 6.12. The van der Waals surface area contributed by atoms with Crippen molar-refractivity contribution in [2.45, 2.75) is 65.0 Å². The van der Waals surface area contributed by atoms with Crippen molar-refractivity contribution >= 4 is 23.6 Å². The molecular formula is C29H40N2O9. The summed E-state index contributed by atoms with van der Waals surface area (Å²) < 4.78 is 21.7. The number of nitrogens with two attached hydrogens (primary N) is 1. The summed E-state index contributed by atoms with van der Waals surface area (Å²) in [5.74, 6) is -2.39. The van der Waals surface area contributed by atoms with Crippen LogP contribution in [0.4, 0.5) is 4.79 Å². The molecule has 2 aliphatic rings. The van der Waals surface area contributed by atoms with E-state index in [0.29, 0.717) is 12.0 Å². The summed E-state index contributed by atoms with van der Waals surface area (Å²) in [6.45, 7) is 6.92. The minimum atomic E-state index is -1.00. The van der Waals surface area contributed by atoms with Crippen LogP contribution in [0.25, 0.3) is 0 Å². The minimum absolute atomic E-state index is 0.0801. The Balaban J connectivity index is 2.60. The number of allylic oxidation sites excluding steroid dienone is 4. The van der Waals surface area contributed by atoms with Crippen molar-refractivity contribution in [2.24, 2.45) is 17.6 Å². The number of methoxy groups -OCH3 is 3. The Morgan fingerprint density at radius 3 is 2.35 bits per heavy atom. The molecule has 0 aromatic heterocycles. The van der Waals surface area contributed by atoms with Gasteiger partial charge < -0.3 is 35.1 Å². The molecule has 0 saturated heterocycles. The molecule has 0 fully saturated rings. The molecule has 11 heteroatoms. The third-order valence-corrected chi connectivity index (χ3v) is 6.95. The third-order valence-electron chi connectivity index (χ3n) is 6.95. The molecule has 220 valence electrons. The van der Waals surface area contributed by atoms with Gasteiger partial charge in [-0.1, -0.05) is 38.2 Å². The largest absolute Gasteiger partial charge is 0.492 e. The lowest BCUT2D eigenvalue weighted by molar-refractivity contribution is -0.120. The number of primary amides is 1. The fourth-order valence-corrected chi connectivity index (χ4v) is 4.78. The SMILES string of the molecule is COC1=C2C[C@@H](C)C[C@H](OC)[C@H](O)[C@@H](C)/C=C(\C)[C@H](OC(N)=O)[C@@H](OC)C=C/C=C(/C)C(=O)NC(=CC1=O)C2=O. The lowest BCUT2D eigenvalue weighted by Crippen LogP contribution is -2.37. The molecule has 1 aliphatic carbocycles. The molecule has 1 heterocycles. The highest BCUT2D eigenvalue weighted by molar-refractivity contribution is 6.23. The molecule has 2 amide bonds. The molecule has 0 radical (unpaired) electrons. The first-order chi connectivity index (χ1) is 18.8. The van der Waals surface area contributed by atoms with Crippen molar-refractivity contribution in [3.05, 3.63) is 58.6 Å². The standard InChI is InChI=1S/C29H40N2O9/c1-15-11-19-25(34)20(14-21(32)27(19)39-7)31-28(35)16(2)9-8-10-22(37-5)26(40-29(30)36)18(4)13-17(3)24(33)23(12-15)38-6/h8-10,13-15,17,22-24,26,33H,11-12H2,1-7H3,(H2,30,36)(H,31,35)/b10-8?,16-9-,18-13+/t15-,17+,22+,23+,24-,26+/m1/s1. The van der Waals surface area contributed by atoms with Crippen LogP contribution in [0.1, 0.15) is 40.5 Å². The van der Waals surface area contributed by atoms with Gasteiger partial charge in [0.15, 0.2) is 11.9 Å². The molecular weight excluding hydrogens is 520 g/mol. The zero-order chi connectivity index (χ0) is 30.1. The van der Waals surface area contributed by atoms with Crippen LogP contribution in [0.15, 0.2) is 58.6 Å². The van der Waals surface area contributed by atoms with Gasteiger partial charge >= 0.3 is 6.09 Å². The van der Waals surface area contributed by atoms with Gasteiger partial charge in [-0.25, -0.2) is 4.79 Å². The predicted octanol–water partition coefficient (Wildman–Crippen LogP) is 2.41. The van der Waals surface area contributed by atoms with E-state index >= 15 is 0 Å². The van der Waals surface area contributed by atoms with E-state index in [1.54, 1.807) is 32.1 Å². The average molecular weight is 561 g/mol. The van der Waals surface area contributed by atoms with E-state index in [0.717, 1.165) is 6.08 Å². The number of hydrogen-bond donors (Lipinski definition) is 3. The van der Waals surface area contributed by atoms with Crippen LogP contribution in [0, 0.1) is 11.8 Å². The number of carbonyl (C=O) groups excluding carboxylic acids is 4. The minimum Gasteiger partial charge on any atom is -0.492 e. The average Bonchev–Trinajstić information content (AvgIpc) is 2.90. The van der Waals surface area contributed by atoms with Gasteiger partial charge in [0, 0.05) is 37.4 Å². The zero-order valence-electron chi connectivity index (χ0n) is 24.1. The number of ketones is 2. The summed E-state index contributed by atoms with van der Waals surface area (Å²) in [4.78, 5) is 50.6. The molecule has 4 N–H and O–H groups in total. The van der Waals surface area contributed by atoms with Crippen molar-refractivity contribution in [3.8, 4) is 0 Å². The molecule has 1 aliphatic heterocycles. The number of nitrogens with one attached hydrogen (secondary N) is 1. The van der Waals surface area contributed by atoms with Crippen LogP contribution in [0.5, 0.6) is 0 Å². The first kappa shape index (κ1) is 32.7. The highest BCUT2D eigenvalue weighted by Gasteiger charge is 2.34. The second-order valence-corrected chi connectivity index (χ2v) is 10.1. The fraction of sp³-hybridized carbons (Fsp3) is 0.517. The van der Waals surface area contributed by atoms with Gasteiger partial charge in [0.25, 0.3) is 5.91 Å². The molecule has 2 rings (SSSR count). The maximum Gasteiger partial charge on any atom is 0.405 e. The monoisotopic (exact) mass is 560 g/mol. The van der Waals surface area contributed by atoms with Crippen molar-refractivity contribution in [3.63, 3.8) is 0 Å². The second-order valence-electron chi connectivity index (χ2n) is 10.1. The van der Waals surface area contributed by atoms with Crippen LogP contribution >= 0.6 is 0 Å². The van der Waals surface area contributed by atoms with Crippen molar-refractivity contribution in [2.75, 3.05) is 21.3 Å². The normalized spacial score (nSPS) is 31.9. The number of rotatable bonds is 4. The number of amides is 2. The molecule has 2 bridgehead atoms. The number of hydrogen-bond acceptors (Lipinski definition) is 9. The van der Waals surface area contributed by atoms with E-state index in [1.165, 1.54) is 34.3 Å². The summed E-state index contributed by atoms with van der Waals surface area (Å²) in [6.07, 6.45) is 3.61. The lowest BCUT2D eigenvalue weighted by Gasteiger charge is -2.29. The number of carbonyl (C=O) groups is 4. The van der Waals surface area contributed by atoms with E-state index in [-0.39, 0.29) is 34.9 Å². The Morgan fingerprint density at radius 2 is 1.77 bits per heavy atom. The van der Waals surface area contributed by atoms with Crippen molar-refractivity contribution in [1.29, 1.82) is 0 Å². The van der Waals surface area contributed by atoms with Gasteiger partial charge in [-0.3, -0.25) is 14.4 Å². The van der Waals surface area contributed by atoms with E-state index in [4.69, 9.17) is 24.7 Å². The maximum absolute atomic E-state index is 13.3. The highest BCUT2D eigenvalue weighted by Crippen LogP contribution is 2.29. The van der Waals surface area contributed by atoms with Crippen LogP contribution < -0.4 is 11.1 Å². The van der Waals surface area contributed by atoms with Gasteiger partial charge in [0.1, 0.15) is 6.10 Å². The Morgan fingerprint density at radius 1 is 1.10 bits per heavy atom. The Kier molecular flexibility index (Phi) is 12.0. The molecule has 11 nitrogen and oxygen atoms in total. The summed E-state index contributed by atoms with van der Waals surface area (Å²) >= 11 is 0. The molecule has 0 aromatic carbocycles.